The summed E-state index contributed by atoms with van der Waals surface area (Å²) in [5.41, 5.74) is 2.11. The normalized spacial score (nSPS) is 19.6. The van der Waals surface area contributed by atoms with E-state index >= 15 is 0 Å². The predicted molar refractivity (Wildman–Crippen MR) is 116 cm³/mol. The Morgan fingerprint density at radius 1 is 1.07 bits per heavy atom. The van der Waals surface area contributed by atoms with Crippen LogP contribution in [0.2, 0.25) is 0 Å². The average molecular weight is 410 g/mol. The van der Waals surface area contributed by atoms with Crippen LogP contribution >= 0.6 is 0 Å². The Morgan fingerprint density at radius 3 is 2.47 bits per heavy atom. The molecule has 0 bridgehead atoms. The zero-order valence-corrected chi connectivity index (χ0v) is 17.6. The van der Waals surface area contributed by atoms with Crippen molar-refractivity contribution < 1.29 is 9.18 Å². The van der Waals surface area contributed by atoms with Crippen molar-refractivity contribution in [3.63, 3.8) is 0 Å². The van der Waals surface area contributed by atoms with Crippen LogP contribution in [0, 0.1) is 17.7 Å². The van der Waals surface area contributed by atoms with Crippen molar-refractivity contribution in [3.8, 4) is 0 Å². The average Bonchev–Trinajstić information content (AvgIpc) is 3.28. The van der Waals surface area contributed by atoms with Gasteiger partial charge in [-0.1, -0.05) is 31.0 Å². The minimum absolute atomic E-state index is 0.0203. The van der Waals surface area contributed by atoms with Gasteiger partial charge in [0.25, 0.3) is 0 Å². The molecule has 1 aromatic carbocycles. The maximum atomic E-state index is 13.1. The maximum Gasteiger partial charge on any atom is 0.220 e. The second kappa shape index (κ2) is 10.2. The van der Waals surface area contributed by atoms with Gasteiger partial charge < -0.3 is 5.32 Å². The van der Waals surface area contributed by atoms with Gasteiger partial charge in [-0.25, -0.2) is 4.39 Å². The molecule has 1 N–H and O–H groups in total. The second-order valence-corrected chi connectivity index (χ2v) is 8.89. The van der Waals surface area contributed by atoms with Gasteiger partial charge in [0.2, 0.25) is 5.91 Å². The fourth-order valence-corrected chi connectivity index (χ4v) is 4.99. The van der Waals surface area contributed by atoms with E-state index in [4.69, 9.17) is 0 Å². The zero-order chi connectivity index (χ0) is 20.8. The van der Waals surface area contributed by atoms with E-state index in [1.807, 2.05) is 36.5 Å². The van der Waals surface area contributed by atoms with Gasteiger partial charge in [0.05, 0.1) is 11.7 Å². The summed E-state index contributed by atoms with van der Waals surface area (Å²) < 4.78 is 13.1. The molecule has 1 aromatic heterocycles. The molecule has 2 aliphatic rings. The second-order valence-electron chi connectivity index (χ2n) is 8.89. The van der Waals surface area contributed by atoms with E-state index in [0.29, 0.717) is 18.3 Å². The number of nitrogens with one attached hydrogen (secondary N) is 1. The number of nitrogens with zero attached hydrogens (tertiary/aromatic N) is 2. The lowest BCUT2D eigenvalue weighted by molar-refractivity contribution is -0.123. The molecular weight excluding hydrogens is 377 g/mol. The van der Waals surface area contributed by atoms with Crippen LogP contribution in [0.4, 0.5) is 4.39 Å². The van der Waals surface area contributed by atoms with E-state index in [1.165, 1.54) is 37.8 Å². The number of benzene rings is 1. The quantitative estimate of drug-likeness (QED) is 0.710. The first-order valence-electron chi connectivity index (χ1n) is 11.3. The molecule has 160 valence electrons. The number of hydrogen-bond donors (Lipinski definition) is 1. The highest BCUT2D eigenvalue weighted by molar-refractivity contribution is 5.76. The number of piperidine rings is 1. The number of carbonyl (C=O) groups excluding carboxylic acids is 1. The molecule has 5 heteroatoms. The highest BCUT2D eigenvalue weighted by Crippen LogP contribution is 2.32. The van der Waals surface area contributed by atoms with Crippen molar-refractivity contribution in [1.29, 1.82) is 0 Å². The van der Waals surface area contributed by atoms with E-state index < -0.39 is 0 Å². The third kappa shape index (κ3) is 5.66. The van der Waals surface area contributed by atoms with E-state index in [9.17, 15) is 9.18 Å². The molecule has 1 atom stereocenters. The molecule has 30 heavy (non-hydrogen) atoms. The standard InChI is InChI=1S/C25H32FN3O/c26-22-10-8-20(9-11-22)18-29-15-12-21(13-16-29)25(23-7-3-4-14-27-23)28-24(30)17-19-5-1-2-6-19/h3-4,7-11,14,19,21,25H,1-2,5-6,12-13,15-18H2,(H,28,30). The lowest BCUT2D eigenvalue weighted by atomic mass is 9.86. The maximum absolute atomic E-state index is 13.1. The lowest BCUT2D eigenvalue weighted by Gasteiger charge is -2.36. The first-order chi connectivity index (χ1) is 14.7. The van der Waals surface area contributed by atoms with Crippen LogP contribution in [0.1, 0.15) is 62.2 Å². The molecule has 1 amide bonds. The smallest absolute Gasteiger partial charge is 0.220 e. The van der Waals surface area contributed by atoms with Gasteiger partial charge in [-0.05, 0) is 80.4 Å². The molecule has 2 aromatic rings. The van der Waals surface area contributed by atoms with Crippen LogP contribution in [-0.2, 0) is 11.3 Å². The Hall–Kier alpha value is -2.27. The third-order valence-corrected chi connectivity index (χ3v) is 6.69. The molecule has 2 fully saturated rings. The van der Waals surface area contributed by atoms with Crippen molar-refractivity contribution >= 4 is 5.91 Å². The van der Waals surface area contributed by atoms with Crippen LogP contribution in [0.15, 0.2) is 48.7 Å². The van der Waals surface area contributed by atoms with Crippen molar-refractivity contribution in [1.82, 2.24) is 15.2 Å². The summed E-state index contributed by atoms with van der Waals surface area (Å²) in [6.07, 6.45) is 9.38. The number of rotatable bonds is 7. The number of pyridine rings is 1. The minimum Gasteiger partial charge on any atom is -0.347 e. The zero-order valence-electron chi connectivity index (χ0n) is 17.6. The van der Waals surface area contributed by atoms with Crippen LogP contribution in [0.25, 0.3) is 0 Å². The first kappa shape index (κ1) is 21.0. The Bertz CT molecular complexity index is 797. The van der Waals surface area contributed by atoms with Gasteiger partial charge >= 0.3 is 0 Å². The van der Waals surface area contributed by atoms with Crippen LogP contribution in [-0.4, -0.2) is 28.9 Å². The van der Waals surface area contributed by atoms with E-state index in [0.717, 1.165) is 43.7 Å². The van der Waals surface area contributed by atoms with E-state index in [1.54, 1.807) is 0 Å². The van der Waals surface area contributed by atoms with Gasteiger partial charge in [-0.15, -0.1) is 0 Å². The van der Waals surface area contributed by atoms with Gasteiger partial charge in [0.1, 0.15) is 5.82 Å². The topological polar surface area (TPSA) is 45.2 Å². The van der Waals surface area contributed by atoms with Crippen molar-refractivity contribution in [3.05, 3.63) is 65.7 Å². The number of halogens is 1. The molecule has 4 nitrogen and oxygen atoms in total. The fourth-order valence-electron chi connectivity index (χ4n) is 4.99. The van der Waals surface area contributed by atoms with Gasteiger partial charge in [0.15, 0.2) is 0 Å². The van der Waals surface area contributed by atoms with Crippen LogP contribution in [0.3, 0.4) is 0 Å². The van der Waals surface area contributed by atoms with Crippen molar-refractivity contribution in [2.24, 2.45) is 11.8 Å². The number of hydrogen-bond acceptors (Lipinski definition) is 3. The van der Waals surface area contributed by atoms with Crippen molar-refractivity contribution in [2.45, 2.75) is 57.5 Å². The highest BCUT2D eigenvalue weighted by Gasteiger charge is 2.30. The summed E-state index contributed by atoms with van der Waals surface area (Å²) in [6, 6.07) is 12.7. The number of aromatic nitrogens is 1. The Kier molecular flexibility index (Phi) is 7.11. The minimum atomic E-state index is -0.191. The molecule has 1 saturated carbocycles. The van der Waals surface area contributed by atoms with Gasteiger partial charge in [0, 0.05) is 19.2 Å². The number of amides is 1. The molecule has 1 aliphatic heterocycles. The van der Waals surface area contributed by atoms with E-state index in [-0.39, 0.29) is 17.8 Å². The monoisotopic (exact) mass is 409 g/mol. The Labute approximate surface area is 178 Å². The number of carbonyl (C=O) groups is 1. The molecule has 1 saturated heterocycles. The largest absolute Gasteiger partial charge is 0.347 e. The molecule has 1 aliphatic carbocycles. The Balaban J connectivity index is 1.36. The molecular formula is C25H32FN3O. The van der Waals surface area contributed by atoms with E-state index in [2.05, 4.69) is 15.2 Å². The van der Waals surface area contributed by atoms with Crippen LogP contribution < -0.4 is 5.32 Å². The summed E-state index contributed by atoms with van der Waals surface area (Å²) in [7, 11) is 0. The molecule has 4 rings (SSSR count). The Morgan fingerprint density at radius 2 is 1.80 bits per heavy atom. The lowest BCUT2D eigenvalue weighted by Crippen LogP contribution is -2.41. The number of likely N-dealkylation sites (tertiary alicyclic amines) is 1. The summed E-state index contributed by atoms with van der Waals surface area (Å²) in [4.78, 5) is 19.8. The fraction of sp³-hybridized carbons (Fsp3) is 0.520. The van der Waals surface area contributed by atoms with Gasteiger partial charge in [-0.2, -0.15) is 0 Å². The van der Waals surface area contributed by atoms with Crippen molar-refractivity contribution in [2.75, 3.05) is 13.1 Å². The van der Waals surface area contributed by atoms with Gasteiger partial charge in [-0.3, -0.25) is 14.7 Å². The molecule has 2 heterocycles. The molecule has 1 unspecified atom stereocenters. The summed E-state index contributed by atoms with van der Waals surface area (Å²) in [5, 5.41) is 3.34. The summed E-state index contributed by atoms with van der Waals surface area (Å²) in [6.45, 7) is 2.79. The molecule has 0 radical (unpaired) electrons. The predicted octanol–water partition coefficient (Wildman–Crippen LogP) is 4.87. The third-order valence-electron chi connectivity index (χ3n) is 6.69. The first-order valence-corrected chi connectivity index (χ1v) is 11.3. The molecule has 0 spiro atoms. The summed E-state index contributed by atoms with van der Waals surface area (Å²) in [5.74, 6) is 0.916. The summed E-state index contributed by atoms with van der Waals surface area (Å²) >= 11 is 0. The van der Waals surface area contributed by atoms with Crippen LogP contribution in [0.5, 0.6) is 0 Å². The highest BCUT2D eigenvalue weighted by atomic mass is 19.1. The SMILES string of the molecule is O=C(CC1CCCC1)NC(c1ccccn1)C1CCN(Cc2ccc(F)cc2)CC1.